The molecule has 1 saturated carbocycles. The van der Waals surface area contributed by atoms with Gasteiger partial charge in [0.2, 0.25) is 0 Å². The highest BCUT2D eigenvalue weighted by Gasteiger charge is 2.24. The summed E-state index contributed by atoms with van der Waals surface area (Å²) in [7, 11) is 0. The van der Waals surface area contributed by atoms with Crippen molar-refractivity contribution in [3.05, 3.63) is 27.8 Å². The van der Waals surface area contributed by atoms with Gasteiger partial charge in [-0.1, -0.05) is 18.9 Å². The van der Waals surface area contributed by atoms with Crippen molar-refractivity contribution in [2.24, 2.45) is 5.92 Å². The predicted molar refractivity (Wildman–Crippen MR) is 74.1 cm³/mol. The van der Waals surface area contributed by atoms with Crippen LogP contribution in [0.25, 0.3) is 0 Å². The molecule has 2 atom stereocenters. The smallest absolute Gasteiger partial charge is 0.0677 e. The Morgan fingerprint density at radius 1 is 1.31 bits per heavy atom. The zero-order chi connectivity index (χ0) is 11.4. The molecule has 1 aliphatic rings. The van der Waals surface area contributed by atoms with E-state index in [2.05, 4.69) is 52.2 Å². The summed E-state index contributed by atoms with van der Waals surface area (Å²) < 4.78 is 1.23. The van der Waals surface area contributed by atoms with Gasteiger partial charge in [-0.05, 0) is 53.6 Å². The van der Waals surface area contributed by atoms with Gasteiger partial charge in [-0.15, -0.1) is 0 Å². The van der Waals surface area contributed by atoms with Crippen molar-refractivity contribution >= 4 is 28.3 Å². The van der Waals surface area contributed by atoms with E-state index >= 15 is 0 Å². The highest BCUT2D eigenvalue weighted by molar-refractivity contribution is 14.1. The first-order chi connectivity index (χ1) is 7.79. The van der Waals surface area contributed by atoms with Crippen LogP contribution in [0, 0.1) is 20.8 Å². The van der Waals surface area contributed by atoms with Gasteiger partial charge < -0.3 is 5.32 Å². The van der Waals surface area contributed by atoms with Crippen LogP contribution < -0.4 is 5.32 Å². The molecular weight excluding hydrogens is 311 g/mol. The maximum Gasteiger partial charge on any atom is 0.0677 e. The summed E-state index contributed by atoms with van der Waals surface area (Å²) >= 11 is 2.31. The van der Waals surface area contributed by atoms with E-state index < -0.39 is 0 Å². The first-order valence-electron chi connectivity index (χ1n) is 5.71. The maximum absolute atomic E-state index is 9.10. The van der Waals surface area contributed by atoms with Gasteiger partial charge in [0.05, 0.1) is 12.0 Å². The third-order valence-electron chi connectivity index (χ3n) is 3.11. The van der Waals surface area contributed by atoms with Gasteiger partial charge in [-0.2, -0.15) is 5.26 Å². The molecular formula is C13H15IN2. The fraction of sp³-hybridized carbons (Fsp3) is 0.462. The number of rotatable bonds is 2. The van der Waals surface area contributed by atoms with Gasteiger partial charge in [-0.25, -0.2) is 0 Å². The molecule has 0 radical (unpaired) electrons. The van der Waals surface area contributed by atoms with E-state index in [1.54, 1.807) is 0 Å². The highest BCUT2D eigenvalue weighted by Crippen LogP contribution is 2.27. The molecule has 2 nitrogen and oxygen atoms in total. The molecule has 0 heterocycles. The lowest BCUT2D eigenvalue weighted by atomic mass is 9.85. The first-order valence-corrected chi connectivity index (χ1v) is 6.79. The zero-order valence-electron chi connectivity index (χ0n) is 9.12. The predicted octanol–water partition coefficient (Wildman–Crippen LogP) is 3.79. The first kappa shape index (κ1) is 11.7. The highest BCUT2D eigenvalue weighted by atomic mass is 127. The lowest BCUT2D eigenvalue weighted by Crippen LogP contribution is -2.31. The van der Waals surface area contributed by atoms with Crippen molar-refractivity contribution in [2.45, 2.75) is 31.7 Å². The Hall–Kier alpha value is -0.760. The van der Waals surface area contributed by atoms with Crippen LogP contribution in [-0.4, -0.2) is 6.04 Å². The number of anilines is 1. The molecule has 0 aromatic heterocycles. The Kier molecular flexibility index (Phi) is 4.05. The molecule has 84 valence electrons. The van der Waals surface area contributed by atoms with Gasteiger partial charge in [0.1, 0.15) is 0 Å². The monoisotopic (exact) mass is 326 g/mol. The number of hydrogen-bond acceptors (Lipinski definition) is 2. The number of halogens is 1. The summed E-state index contributed by atoms with van der Waals surface area (Å²) in [5.74, 6) is 0.173. The Labute approximate surface area is 110 Å². The van der Waals surface area contributed by atoms with E-state index in [0.717, 1.165) is 18.5 Å². The largest absolute Gasteiger partial charge is 0.381 e. The van der Waals surface area contributed by atoms with Crippen LogP contribution in [-0.2, 0) is 0 Å². The van der Waals surface area contributed by atoms with E-state index in [1.165, 1.54) is 16.4 Å². The van der Waals surface area contributed by atoms with Crippen LogP contribution in [0.2, 0.25) is 0 Å². The van der Waals surface area contributed by atoms with E-state index in [9.17, 15) is 0 Å². The van der Waals surface area contributed by atoms with Crippen molar-refractivity contribution in [1.29, 1.82) is 5.26 Å². The molecule has 1 aromatic rings. The van der Waals surface area contributed by atoms with Gasteiger partial charge in [-0.3, -0.25) is 0 Å². The van der Waals surface area contributed by atoms with Gasteiger partial charge in [0, 0.05) is 15.3 Å². The van der Waals surface area contributed by atoms with Crippen molar-refractivity contribution in [3.8, 4) is 6.07 Å². The second kappa shape index (κ2) is 5.53. The molecule has 16 heavy (non-hydrogen) atoms. The van der Waals surface area contributed by atoms with Crippen molar-refractivity contribution in [1.82, 2.24) is 0 Å². The van der Waals surface area contributed by atoms with Crippen LogP contribution in [0.5, 0.6) is 0 Å². The minimum Gasteiger partial charge on any atom is -0.381 e. The van der Waals surface area contributed by atoms with E-state index in [-0.39, 0.29) is 5.92 Å². The Morgan fingerprint density at radius 3 is 2.88 bits per heavy atom. The van der Waals surface area contributed by atoms with E-state index in [1.807, 2.05) is 6.07 Å². The molecule has 1 aliphatic carbocycles. The zero-order valence-corrected chi connectivity index (χ0v) is 11.3. The molecule has 1 aromatic carbocycles. The summed E-state index contributed by atoms with van der Waals surface area (Å²) in [5, 5.41) is 12.6. The molecule has 0 aliphatic heterocycles. The lowest BCUT2D eigenvalue weighted by molar-refractivity contribution is 0.389. The maximum atomic E-state index is 9.10. The molecule has 0 saturated heterocycles. The Balaban J connectivity index is 2.05. The van der Waals surface area contributed by atoms with Gasteiger partial charge in [0.25, 0.3) is 0 Å². The Bertz CT molecular complexity index is 397. The molecule has 0 amide bonds. The summed E-state index contributed by atoms with van der Waals surface area (Å²) in [4.78, 5) is 0. The van der Waals surface area contributed by atoms with E-state index in [4.69, 9.17) is 5.26 Å². The topological polar surface area (TPSA) is 35.8 Å². The van der Waals surface area contributed by atoms with Crippen LogP contribution in [0.1, 0.15) is 25.7 Å². The fourth-order valence-corrected chi connectivity index (χ4v) is 2.79. The van der Waals surface area contributed by atoms with Gasteiger partial charge >= 0.3 is 0 Å². The number of benzene rings is 1. The summed E-state index contributed by atoms with van der Waals surface area (Å²) in [6.07, 6.45) is 4.59. The number of nitriles is 1. The minimum atomic E-state index is 0.173. The van der Waals surface area contributed by atoms with Gasteiger partial charge in [0.15, 0.2) is 0 Å². The quantitative estimate of drug-likeness (QED) is 0.840. The lowest BCUT2D eigenvalue weighted by Gasteiger charge is -2.28. The normalized spacial score (nSPS) is 24.8. The molecule has 1 N–H and O–H groups in total. The van der Waals surface area contributed by atoms with E-state index in [0.29, 0.717) is 6.04 Å². The molecule has 3 heteroatoms. The third-order valence-corrected chi connectivity index (χ3v) is 3.78. The van der Waals surface area contributed by atoms with Crippen molar-refractivity contribution in [3.63, 3.8) is 0 Å². The fourth-order valence-electron chi connectivity index (χ4n) is 2.25. The van der Waals surface area contributed by atoms with Crippen LogP contribution in [0.3, 0.4) is 0 Å². The standard InChI is InChI=1S/C13H15IN2/c14-11-5-3-6-12(8-11)16-13-7-2-1-4-10(13)9-15/h3,5-6,8,10,13,16H,1-2,4,7H2. The molecule has 0 bridgehead atoms. The van der Waals surface area contributed by atoms with Crippen LogP contribution >= 0.6 is 22.6 Å². The average molecular weight is 326 g/mol. The van der Waals surface area contributed by atoms with Crippen LogP contribution in [0.4, 0.5) is 5.69 Å². The summed E-state index contributed by atoms with van der Waals surface area (Å²) in [6, 6.07) is 11.1. The van der Waals surface area contributed by atoms with Crippen molar-refractivity contribution < 1.29 is 0 Å². The Morgan fingerprint density at radius 2 is 2.12 bits per heavy atom. The van der Waals surface area contributed by atoms with Crippen molar-refractivity contribution in [2.75, 3.05) is 5.32 Å². The number of nitrogens with one attached hydrogen (secondary N) is 1. The molecule has 2 unspecified atom stereocenters. The SMILES string of the molecule is N#CC1CCCCC1Nc1cccc(I)c1. The second-order valence-electron chi connectivity index (χ2n) is 4.28. The molecule has 2 rings (SSSR count). The average Bonchev–Trinajstić information content (AvgIpc) is 2.30. The van der Waals surface area contributed by atoms with Crippen LogP contribution in [0.15, 0.2) is 24.3 Å². The second-order valence-corrected chi connectivity index (χ2v) is 5.53. The number of nitrogens with zero attached hydrogens (tertiary/aromatic N) is 1. The third kappa shape index (κ3) is 2.88. The summed E-state index contributed by atoms with van der Waals surface area (Å²) in [5.41, 5.74) is 1.14. The number of hydrogen-bond donors (Lipinski definition) is 1. The minimum absolute atomic E-state index is 0.173. The summed E-state index contributed by atoms with van der Waals surface area (Å²) in [6.45, 7) is 0. The molecule has 0 spiro atoms. The molecule has 1 fully saturated rings.